The molecule has 0 fully saturated rings. The second kappa shape index (κ2) is 4.00. The number of likely N-dealkylation sites (N-methyl/N-ethyl adjacent to an activating group) is 1. The fourth-order valence-corrected chi connectivity index (χ4v) is 2.61. The summed E-state index contributed by atoms with van der Waals surface area (Å²) in [4.78, 5) is 9.83. The maximum absolute atomic E-state index is 5.09. The Kier molecular flexibility index (Phi) is 2.90. The van der Waals surface area contributed by atoms with Gasteiger partial charge >= 0.3 is 0 Å². The Morgan fingerprint density at radius 3 is 3.07 bits per heavy atom. The van der Waals surface area contributed by atoms with Gasteiger partial charge in [0.05, 0.1) is 0 Å². The first kappa shape index (κ1) is 10.1. The molecule has 1 aliphatic rings. The van der Waals surface area contributed by atoms with Crippen LogP contribution in [0.2, 0.25) is 0 Å². The van der Waals surface area contributed by atoms with Crippen molar-refractivity contribution in [1.29, 1.82) is 0 Å². The van der Waals surface area contributed by atoms with Crippen molar-refractivity contribution >= 4 is 24.0 Å². The van der Waals surface area contributed by atoms with E-state index in [0.717, 1.165) is 24.5 Å². The van der Waals surface area contributed by atoms with Crippen LogP contribution in [0.1, 0.15) is 11.3 Å². The fourth-order valence-electron chi connectivity index (χ4n) is 1.72. The highest BCUT2D eigenvalue weighted by atomic mass is 32.2. The molecule has 76 valence electrons. The number of aromatic nitrogens is 2. The number of thioether (sulfide) groups is 1. The summed E-state index contributed by atoms with van der Waals surface area (Å²) in [5.74, 6) is 0. The highest BCUT2D eigenvalue weighted by Gasteiger charge is 2.17. The predicted octanol–water partition coefficient (Wildman–Crippen LogP) is 1.85. The van der Waals surface area contributed by atoms with E-state index in [1.165, 1.54) is 11.3 Å². The quantitative estimate of drug-likeness (QED) is 0.451. The van der Waals surface area contributed by atoms with Gasteiger partial charge in [-0.25, -0.2) is 4.98 Å². The first-order valence-electron chi connectivity index (χ1n) is 4.55. The van der Waals surface area contributed by atoms with Crippen molar-refractivity contribution < 1.29 is 0 Å². The topological polar surface area (TPSA) is 31.9 Å². The molecule has 0 atom stereocenters. The molecule has 5 heteroatoms. The summed E-state index contributed by atoms with van der Waals surface area (Å²) >= 11 is 6.76. The van der Waals surface area contributed by atoms with E-state index < -0.39 is 0 Å². The van der Waals surface area contributed by atoms with Crippen molar-refractivity contribution in [3.05, 3.63) is 16.0 Å². The standard InChI is InChI=1S/C9H13N3S2/c1-12-4-3-7-6(5-12)8(14-2)11-9(13)10-7/h3-5H2,1-2H3,(H,10,11,13). The van der Waals surface area contributed by atoms with E-state index in [2.05, 4.69) is 21.9 Å². The van der Waals surface area contributed by atoms with E-state index in [-0.39, 0.29) is 0 Å². The van der Waals surface area contributed by atoms with Crippen LogP contribution in [0.5, 0.6) is 0 Å². The van der Waals surface area contributed by atoms with Crippen LogP contribution in [0, 0.1) is 4.77 Å². The minimum Gasteiger partial charge on any atom is -0.334 e. The van der Waals surface area contributed by atoms with Gasteiger partial charge in [-0.05, 0) is 25.5 Å². The lowest BCUT2D eigenvalue weighted by molar-refractivity contribution is 0.305. The molecule has 0 radical (unpaired) electrons. The van der Waals surface area contributed by atoms with Crippen molar-refractivity contribution in [2.24, 2.45) is 0 Å². The van der Waals surface area contributed by atoms with Crippen LogP contribution in [0.25, 0.3) is 0 Å². The van der Waals surface area contributed by atoms with Crippen LogP contribution >= 0.6 is 24.0 Å². The van der Waals surface area contributed by atoms with Gasteiger partial charge < -0.3 is 9.88 Å². The molecule has 0 aliphatic carbocycles. The van der Waals surface area contributed by atoms with Gasteiger partial charge in [-0.3, -0.25) is 0 Å². The van der Waals surface area contributed by atoms with Gasteiger partial charge in [0.25, 0.3) is 0 Å². The maximum atomic E-state index is 5.09. The van der Waals surface area contributed by atoms with Crippen molar-refractivity contribution in [2.45, 2.75) is 18.0 Å². The van der Waals surface area contributed by atoms with Gasteiger partial charge in [-0.2, -0.15) is 0 Å². The number of nitrogens with one attached hydrogen (secondary N) is 1. The molecule has 14 heavy (non-hydrogen) atoms. The molecule has 2 rings (SSSR count). The minimum atomic E-state index is 0.609. The molecule has 0 saturated heterocycles. The van der Waals surface area contributed by atoms with E-state index in [1.807, 2.05) is 6.26 Å². The van der Waals surface area contributed by atoms with E-state index >= 15 is 0 Å². The van der Waals surface area contributed by atoms with E-state index in [0.29, 0.717) is 4.77 Å². The van der Waals surface area contributed by atoms with Crippen LogP contribution in [-0.2, 0) is 13.0 Å². The molecule has 1 aliphatic heterocycles. The van der Waals surface area contributed by atoms with Crippen LogP contribution in [0.4, 0.5) is 0 Å². The summed E-state index contributed by atoms with van der Waals surface area (Å²) < 4.78 is 0.609. The van der Waals surface area contributed by atoms with Gasteiger partial charge in [0.1, 0.15) is 5.03 Å². The van der Waals surface area contributed by atoms with Gasteiger partial charge in [0.15, 0.2) is 4.77 Å². The molecule has 0 aromatic carbocycles. The molecule has 0 unspecified atom stereocenters. The zero-order chi connectivity index (χ0) is 10.1. The summed E-state index contributed by atoms with van der Waals surface area (Å²) in [5.41, 5.74) is 2.59. The van der Waals surface area contributed by atoms with Crippen molar-refractivity contribution in [3.8, 4) is 0 Å². The summed E-state index contributed by atoms with van der Waals surface area (Å²) in [6.07, 6.45) is 3.09. The normalized spacial score (nSPS) is 16.7. The van der Waals surface area contributed by atoms with Crippen LogP contribution in [0.3, 0.4) is 0 Å². The lowest BCUT2D eigenvalue weighted by Gasteiger charge is -2.25. The van der Waals surface area contributed by atoms with Gasteiger partial charge in [-0.15, -0.1) is 11.8 Å². The molecule has 0 bridgehead atoms. The summed E-state index contributed by atoms with van der Waals surface area (Å²) in [5, 5.41) is 1.08. The van der Waals surface area contributed by atoms with E-state index in [9.17, 15) is 0 Å². The molecule has 1 aromatic heterocycles. The second-order valence-electron chi connectivity index (χ2n) is 3.50. The average Bonchev–Trinajstić information content (AvgIpc) is 2.17. The Morgan fingerprint density at radius 1 is 1.57 bits per heavy atom. The average molecular weight is 227 g/mol. The number of hydrogen-bond donors (Lipinski definition) is 1. The van der Waals surface area contributed by atoms with Crippen LogP contribution < -0.4 is 0 Å². The SMILES string of the molecule is CSc1nc(=S)[nH]c2c1CN(C)CC2. The molecule has 3 nitrogen and oxygen atoms in total. The smallest absolute Gasteiger partial charge is 0.198 e. The zero-order valence-electron chi connectivity index (χ0n) is 8.33. The van der Waals surface area contributed by atoms with Crippen molar-refractivity contribution in [2.75, 3.05) is 19.8 Å². The lowest BCUT2D eigenvalue weighted by atomic mass is 10.1. The van der Waals surface area contributed by atoms with Crippen LogP contribution in [-0.4, -0.2) is 34.7 Å². The number of rotatable bonds is 1. The molecular weight excluding hydrogens is 214 g/mol. The second-order valence-corrected chi connectivity index (χ2v) is 4.68. The molecule has 1 aromatic rings. The minimum absolute atomic E-state index is 0.609. The third-order valence-corrected chi connectivity index (χ3v) is 3.37. The molecule has 0 saturated carbocycles. The Morgan fingerprint density at radius 2 is 2.36 bits per heavy atom. The van der Waals surface area contributed by atoms with E-state index in [4.69, 9.17) is 12.2 Å². The molecular formula is C9H13N3S2. The van der Waals surface area contributed by atoms with Crippen LogP contribution in [0.15, 0.2) is 5.03 Å². The number of nitrogens with zero attached hydrogens (tertiary/aromatic N) is 2. The fraction of sp³-hybridized carbons (Fsp3) is 0.556. The Labute approximate surface area is 92.9 Å². The highest BCUT2D eigenvalue weighted by molar-refractivity contribution is 7.98. The maximum Gasteiger partial charge on any atom is 0.198 e. The molecule has 2 heterocycles. The zero-order valence-corrected chi connectivity index (χ0v) is 9.97. The highest BCUT2D eigenvalue weighted by Crippen LogP contribution is 2.24. The van der Waals surface area contributed by atoms with Gasteiger partial charge in [0, 0.05) is 30.8 Å². The Hall–Kier alpha value is -0.390. The number of fused-ring (bicyclic) bond motifs is 1. The van der Waals surface area contributed by atoms with Crippen molar-refractivity contribution in [3.63, 3.8) is 0 Å². The van der Waals surface area contributed by atoms with Crippen molar-refractivity contribution in [1.82, 2.24) is 14.9 Å². The Balaban J connectivity index is 2.52. The third-order valence-electron chi connectivity index (χ3n) is 2.45. The third kappa shape index (κ3) is 1.85. The molecule has 0 amide bonds. The first-order valence-corrected chi connectivity index (χ1v) is 6.18. The monoisotopic (exact) mass is 227 g/mol. The molecule has 0 spiro atoms. The predicted molar refractivity (Wildman–Crippen MR) is 61.2 cm³/mol. The molecule has 1 N–H and O–H groups in total. The van der Waals surface area contributed by atoms with Gasteiger partial charge in [0.2, 0.25) is 0 Å². The number of H-pyrrole nitrogens is 1. The lowest BCUT2D eigenvalue weighted by Crippen LogP contribution is -2.28. The largest absolute Gasteiger partial charge is 0.334 e. The van der Waals surface area contributed by atoms with E-state index in [1.54, 1.807) is 11.8 Å². The van der Waals surface area contributed by atoms with Gasteiger partial charge in [-0.1, -0.05) is 0 Å². The first-order chi connectivity index (χ1) is 6.70. The summed E-state index contributed by atoms with van der Waals surface area (Å²) in [7, 11) is 2.13. The summed E-state index contributed by atoms with van der Waals surface area (Å²) in [6, 6.07) is 0. The summed E-state index contributed by atoms with van der Waals surface area (Å²) in [6.45, 7) is 2.07. The Bertz CT molecular complexity index is 379. The number of aromatic amines is 1. The number of hydrogen-bond acceptors (Lipinski definition) is 4.